The van der Waals surface area contributed by atoms with E-state index in [9.17, 15) is 4.79 Å². The summed E-state index contributed by atoms with van der Waals surface area (Å²) in [6, 6.07) is 1.69. The second-order valence-electron chi connectivity index (χ2n) is 4.83. The van der Waals surface area contributed by atoms with Crippen molar-refractivity contribution in [2.75, 3.05) is 52.2 Å². The maximum Gasteiger partial charge on any atom is 0.270 e. The molecule has 1 aliphatic heterocycles. The number of methoxy groups -OCH3 is 1. The van der Waals surface area contributed by atoms with Crippen LogP contribution in [0.1, 0.15) is 16.9 Å². The first kappa shape index (κ1) is 13.9. The van der Waals surface area contributed by atoms with Gasteiger partial charge in [0.15, 0.2) is 0 Å². The molecule has 1 fully saturated rings. The van der Waals surface area contributed by atoms with Crippen LogP contribution in [0.25, 0.3) is 0 Å². The number of ether oxygens (including phenoxy) is 1. The second kappa shape index (κ2) is 6.58. The summed E-state index contributed by atoms with van der Waals surface area (Å²) < 4.78 is 5.09. The van der Waals surface area contributed by atoms with E-state index in [2.05, 4.69) is 9.88 Å². The molecule has 0 spiro atoms. The number of nitrogens with zero attached hydrogens (tertiary/aromatic N) is 2. The summed E-state index contributed by atoms with van der Waals surface area (Å²) in [5, 5.41) is 0. The number of rotatable bonds is 4. The monoisotopic (exact) mass is 266 g/mol. The molecule has 6 nitrogen and oxygen atoms in total. The van der Waals surface area contributed by atoms with Crippen molar-refractivity contribution in [1.82, 2.24) is 14.8 Å². The maximum absolute atomic E-state index is 12.3. The van der Waals surface area contributed by atoms with Gasteiger partial charge in [0.1, 0.15) is 5.69 Å². The van der Waals surface area contributed by atoms with E-state index in [1.807, 2.05) is 4.90 Å². The van der Waals surface area contributed by atoms with Crippen molar-refractivity contribution in [3.8, 4) is 0 Å². The Morgan fingerprint density at radius 1 is 1.42 bits per heavy atom. The Morgan fingerprint density at radius 2 is 2.26 bits per heavy atom. The Bertz CT molecular complexity index is 419. The zero-order valence-corrected chi connectivity index (χ0v) is 11.4. The molecular weight excluding hydrogens is 244 g/mol. The second-order valence-corrected chi connectivity index (χ2v) is 4.83. The summed E-state index contributed by atoms with van der Waals surface area (Å²) in [6.07, 6.45) is 2.64. The lowest BCUT2D eigenvalue weighted by Crippen LogP contribution is -2.36. The molecule has 106 valence electrons. The highest BCUT2D eigenvalue weighted by molar-refractivity contribution is 5.93. The molecular formula is C13H22N4O2. The van der Waals surface area contributed by atoms with E-state index in [1.165, 1.54) is 0 Å². The average molecular weight is 266 g/mol. The number of amides is 1. The highest BCUT2D eigenvalue weighted by Gasteiger charge is 2.20. The van der Waals surface area contributed by atoms with E-state index in [0.717, 1.165) is 45.8 Å². The molecule has 0 bridgehead atoms. The predicted molar refractivity (Wildman–Crippen MR) is 74.0 cm³/mol. The van der Waals surface area contributed by atoms with E-state index < -0.39 is 0 Å². The van der Waals surface area contributed by atoms with Crippen LogP contribution in [0.3, 0.4) is 0 Å². The SMILES string of the molecule is COCCN1CCCN(C(=O)c2cc(N)c[nH]2)CC1. The summed E-state index contributed by atoms with van der Waals surface area (Å²) in [5.74, 6) is 0.0327. The number of aromatic amines is 1. The zero-order chi connectivity index (χ0) is 13.7. The van der Waals surface area contributed by atoms with Gasteiger partial charge in [-0.1, -0.05) is 0 Å². The van der Waals surface area contributed by atoms with Gasteiger partial charge in [-0.25, -0.2) is 0 Å². The Morgan fingerprint density at radius 3 is 2.95 bits per heavy atom. The number of anilines is 1. The summed E-state index contributed by atoms with van der Waals surface area (Å²) >= 11 is 0. The van der Waals surface area contributed by atoms with Crippen molar-refractivity contribution in [2.24, 2.45) is 0 Å². The number of carbonyl (C=O) groups is 1. The number of hydrogen-bond acceptors (Lipinski definition) is 4. The van der Waals surface area contributed by atoms with Crippen LogP contribution in [0.4, 0.5) is 5.69 Å². The highest BCUT2D eigenvalue weighted by Crippen LogP contribution is 2.10. The van der Waals surface area contributed by atoms with E-state index in [1.54, 1.807) is 19.4 Å². The third kappa shape index (κ3) is 3.71. The first-order valence-corrected chi connectivity index (χ1v) is 6.65. The smallest absolute Gasteiger partial charge is 0.270 e. The number of carbonyl (C=O) groups excluding carboxylic acids is 1. The zero-order valence-electron chi connectivity index (χ0n) is 11.4. The Balaban J connectivity index is 1.90. The molecule has 1 aromatic rings. The van der Waals surface area contributed by atoms with Gasteiger partial charge in [0, 0.05) is 45.2 Å². The molecule has 1 saturated heterocycles. The molecule has 2 heterocycles. The van der Waals surface area contributed by atoms with Crippen LogP contribution < -0.4 is 5.73 Å². The van der Waals surface area contributed by atoms with Gasteiger partial charge in [0.25, 0.3) is 5.91 Å². The highest BCUT2D eigenvalue weighted by atomic mass is 16.5. The van der Waals surface area contributed by atoms with Gasteiger partial charge in [-0.3, -0.25) is 9.69 Å². The summed E-state index contributed by atoms with van der Waals surface area (Å²) in [4.78, 5) is 19.4. The van der Waals surface area contributed by atoms with Crippen molar-refractivity contribution in [2.45, 2.75) is 6.42 Å². The van der Waals surface area contributed by atoms with Gasteiger partial charge in [0.2, 0.25) is 0 Å². The van der Waals surface area contributed by atoms with Crippen molar-refractivity contribution in [1.29, 1.82) is 0 Å². The molecule has 1 aliphatic rings. The maximum atomic E-state index is 12.3. The minimum Gasteiger partial charge on any atom is -0.397 e. The fourth-order valence-electron chi connectivity index (χ4n) is 2.32. The fourth-order valence-corrected chi connectivity index (χ4v) is 2.32. The Kier molecular flexibility index (Phi) is 4.81. The van der Waals surface area contributed by atoms with Crippen molar-refractivity contribution in [3.63, 3.8) is 0 Å². The van der Waals surface area contributed by atoms with Crippen LogP contribution in [-0.2, 0) is 4.74 Å². The third-order valence-corrected chi connectivity index (χ3v) is 3.42. The number of nitrogens with two attached hydrogens (primary N) is 1. The topological polar surface area (TPSA) is 74.6 Å². The minimum atomic E-state index is 0.0327. The predicted octanol–water partition coefficient (Wildman–Crippen LogP) is 0.391. The van der Waals surface area contributed by atoms with Crippen molar-refractivity contribution in [3.05, 3.63) is 18.0 Å². The van der Waals surface area contributed by atoms with Gasteiger partial charge >= 0.3 is 0 Å². The number of aromatic nitrogens is 1. The summed E-state index contributed by atoms with van der Waals surface area (Å²) in [5.41, 5.74) is 6.80. The van der Waals surface area contributed by atoms with E-state index >= 15 is 0 Å². The Labute approximate surface area is 113 Å². The quantitative estimate of drug-likeness (QED) is 0.827. The fraction of sp³-hybridized carbons (Fsp3) is 0.615. The Hall–Kier alpha value is -1.53. The van der Waals surface area contributed by atoms with Crippen LogP contribution in [0, 0.1) is 0 Å². The van der Waals surface area contributed by atoms with E-state index in [0.29, 0.717) is 11.4 Å². The van der Waals surface area contributed by atoms with Crippen LogP contribution in [0.5, 0.6) is 0 Å². The molecule has 0 unspecified atom stereocenters. The molecule has 3 N–H and O–H groups in total. The van der Waals surface area contributed by atoms with Crippen LogP contribution in [0.15, 0.2) is 12.3 Å². The molecule has 6 heteroatoms. The summed E-state index contributed by atoms with van der Waals surface area (Å²) in [7, 11) is 1.71. The van der Waals surface area contributed by atoms with Crippen molar-refractivity contribution < 1.29 is 9.53 Å². The normalized spacial score (nSPS) is 17.4. The minimum absolute atomic E-state index is 0.0327. The molecule has 19 heavy (non-hydrogen) atoms. The average Bonchev–Trinajstić information content (AvgIpc) is 2.71. The lowest BCUT2D eigenvalue weighted by atomic mass is 10.3. The molecule has 1 aromatic heterocycles. The first-order valence-electron chi connectivity index (χ1n) is 6.65. The number of hydrogen-bond donors (Lipinski definition) is 2. The molecule has 2 rings (SSSR count). The van der Waals surface area contributed by atoms with Gasteiger partial charge in [-0.15, -0.1) is 0 Å². The third-order valence-electron chi connectivity index (χ3n) is 3.42. The van der Waals surface area contributed by atoms with E-state index in [4.69, 9.17) is 10.5 Å². The lowest BCUT2D eigenvalue weighted by molar-refractivity contribution is 0.0754. The number of nitrogen functional groups attached to an aromatic ring is 1. The molecule has 1 amide bonds. The largest absolute Gasteiger partial charge is 0.397 e. The lowest BCUT2D eigenvalue weighted by Gasteiger charge is -2.21. The molecule has 0 aliphatic carbocycles. The van der Waals surface area contributed by atoms with Gasteiger partial charge in [-0.05, 0) is 19.0 Å². The van der Waals surface area contributed by atoms with Crippen molar-refractivity contribution >= 4 is 11.6 Å². The standard InChI is InChI=1S/C13H22N4O2/c1-19-8-7-16-3-2-4-17(6-5-16)13(18)12-9-11(14)10-15-12/h9-10,15H,2-8,14H2,1H3. The van der Waals surface area contributed by atoms with Crippen LogP contribution >= 0.6 is 0 Å². The summed E-state index contributed by atoms with van der Waals surface area (Å²) in [6.45, 7) is 5.11. The molecule has 0 atom stereocenters. The van der Waals surface area contributed by atoms with Gasteiger partial charge < -0.3 is 20.4 Å². The van der Waals surface area contributed by atoms with E-state index in [-0.39, 0.29) is 5.91 Å². The van der Waals surface area contributed by atoms with Gasteiger partial charge in [-0.2, -0.15) is 0 Å². The van der Waals surface area contributed by atoms with Gasteiger partial charge in [0.05, 0.1) is 6.61 Å². The first-order chi connectivity index (χ1) is 9.20. The van der Waals surface area contributed by atoms with Crippen LogP contribution in [0.2, 0.25) is 0 Å². The molecule has 0 saturated carbocycles. The molecule has 0 radical (unpaired) electrons. The van der Waals surface area contributed by atoms with Crippen LogP contribution in [-0.4, -0.2) is 67.1 Å². The molecule has 0 aromatic carbocycles. The number of H-pyrrole nitrogens is 1. The number of nitrogens with one attached hydrogen (secondary N) is 1.